The van der Waals surface area contributed by atoms with Gasteiger partial charge in [0.15, 0.2) is 18.0 Å². The molecule has 0 atom stereocenters. The Bertz CT molecular complexity index is 703. The highest BCUT2D eigenvalue weighted by molar-refractivity contribution is 5.77. The van der Waals surface area contributed by atoms with Gasteiger partial charge in [-0.2, -0.15) is 0 Å². The molecule has 0 aliphatic carbocycles. The van der Waals surface area contributed by atoms with Gasteiger partial charge in [0.25, 0.3) is 0 Å². The summed E-state index contributed by atoms with van der Waals surface area (Å²) >= 11 is 0. The van der Waals surface area contributed by atoms with E-state index >= 15 is 0 Å². The van der Waals surface area contributed by atoms with Crippen LogP contribution in [-0.4, -0.2) is 4.98 Å². The third kappa shape index (κ3) is 2.31. The lowest BCUT2D eigenvalue weighted by molar-refractivity contribution is -0.696. The summed E-state index contributed by atoms with van der Waals surface area (Å²) in [4.78, 5) is 4.58. The molecule has 0 fully saturated rings. The van der Waals surface area contributed by atoms with Crippen molar-refractivity contribution in [1.82, 2.24) is 4.98 Å². The first-order chi connectivity index (χ1) is 9.67. The average molecular weight is 267 g/mol. The molecule has 0 unspecified atom stereocenters. The maximum Gasteiger partial charge on any atom is 0.227 e. The fraction of sp³-hybridized carbons (Fsp3) is 0.294. The molecular formula is C17H19N2O+. The summed E-state index contributed by atoms with van der Waals surface area (Å²) in [5.41, 5.74) is 5.27. The Labute approximate surface area is 118 Å². The van der Waals surface area contributed by atoms with Crippen LogP contribution in [0.3, 0.4) is 0 Å². The fourth-order valence-electron chi connectivity index (χ4n) is 2.31. The van der Waals surface area contributed by atoms with Crippen molar-refractivity contribution < 1.29 is 8.98 Å². The predicted octanol–water partition coefficient (Wildman–Crippen LogP) is 3.81. The van der Waals surface area contributed by atoms with Crippen molar-refractivity contribution in [3.05, 3.63) is 47.8 Å². The SMILES string of the molecule is CCC[n+]1ccc(-c2nc3cc(C)c(C)cc3o2)cc1. The summed E-state index contributed by atoms with van der Waals surface area (Å²) in [6.07, 6.45) is 5.28. The first kappa shape index (κ1) is 12.9. The molecule has 0 amide bonds. The third-order valence-electron chi connectivity index (χ3n) is 3.62. The Kier molecular flexibility index (Phi) is 3.26. The second kappa shape index (κ2) is 5.08. The van der Waals surface area contributed by atoms with E-state index in [1.807, 2.05) is 0 Å². The van der Waals surface area contributed by atoms with E-state index in [1.165, 1.54) is 11.1 Å². The van der Waals surface area contributed by atoms with Gasteiger partial charge in [-0.15, -0.1) is 0 Å². The van der Waals surface area contributed by atoms with Crippen LogP contribution < -0.4 is 4.57 Å². The number of benzene rings is 1. The van der Waals surface area contributed by atoms with Gasteiger partial charge >= 0.3 is 0 Å². The maximum atomic E-state index is 5.87. The van der Waals surface area contributed by atoms with Crippen LogP contribution in [-0.2, 0) is 6.54 Å². The van der Waals surface area contributed by atoms with Gasteiger partial charge in [-0.3, -0.25) is 0 Å². The maximum absolute atomic E-state index is 5.87. The van der Waals surface area contributed by atoms with Crippen LogP contribution in [0.15, 0.2) is 41.1 Å². The third-order valence-corrected chi connectivity index (χ3v) is 3.62. The molecular weight excluding hydrogens is 248 g/mol. The first-order valence-corrected chi connectivity index (χ1v) is 7.04. The largest absolute Gasteiger partial charge is 0.436 e. The highest BCUT2D eigenvalue weighted by Gasteiger charge is 2.10. The minimum atomic E-state index is 0.689. The van der Waals surface area contributed by atoms with Gasteiger partial charge in [0, 0.05) is 24.1 Å². The first-order valence-electron chi connectivity index (χ1n) is 7.04. The Morgan fingerprint density at radius 3 is 2.50 bits per heavy atom. The Morgan fingerprint density at radius 2 is 1.80 bits per heavy atom. The van der Waals surface area contributed by atoms with E-state index in [0.717, 1.165) is 29.6 Å². The average Bonchev–Trinajstić information content (AvgIpc) is 2.83. The minimum absolute atomic E-state index is 0.689. The lowest BCUT2D eigenvalue weighted by Gasteiger charge is -1.96. The quantitative estimate of drug-likeness (QED) is 0.675. The van der Waals surface area contributed by atoms with Gasteiger partial charge in [0.1, 0.15) is 12.1 Å². The molecule has 0 radical (unpaired) electrons. The van der Waals surface area contributed by atoms with Crippen molar-refractivity contribution in [3.8, 4) is 11.5 Å². The standard InChI is InChI=1S/C17H19N2O/c1-4-7-19-8-5-14(6-9-19)17-18-15-10-12(2)13(3)11-16(15)20-17/h5-6,8-11H,4,7H2,1-3H3/q+1. The van der Waals surface area contributed by atoms with E-state index in [1.54, 1.807) is 0 Å². The lowest BCUT2D eigenvalue weighted by atomic mass is 10.1. The molecule has 3 aromatic rings. The number of aromatic nitrogens is 2. The molecule has 3 rings (SSSR count). The van der Waals surface area contributed by atoms with Crippen molar-refractivity contribution in [2.75, 3.05) is 0 Å². The van der Waals surface area contributed by atoms with Crippen molar-refractivity contribution in [1.29, 1.82) is 0 Å². The smallest absolute Gasteiger partial charge is 0.227 e. The summed E-state index contributed by atoms with van der Waals surface area (Å²) in [7, 11) is 0. The fourth-order valence-corrected chi connectivity index (χ4v) is 2.31. The molecule has 3 nitrogen and oxygen atoms in total. The Morgan fingerprint density at radius 1 is 1.10 bits per heavy atom. The molecule has 0 N–H and O–H groups in total. The zero-order valence-electron chi connectivity index (χ0n) is 12.2. The molecule has 0 saturated carbocycles. The second-order valence-electron chi connectivity index (χ2n) is 5.25. The van der Waals surface area contributed by atoms with E-state index in [4.69, 9.17) is 4.42 Å². The van der Waals surface area contributed by atoms with Crippen molar-refractivity contribution in [2.24, 2.45) is 0 Å². The molecule has 0 aliphatic rings. The van der Waals surface area contributed by atoms with Crippen molar-refractivity contribution in [3.63, 3.8) is 0 Å². The molecule has 2 aromatic heterocycles. The zero-order valence-corrected chi connectivity index (χ0v) is 12.2. The molecule has 1 aromatic carbocycles. The highest BCUT2D eigenvalue weighted by atomic mass is 16.3. The minimum Gasteiger partial charge on any atom is -0.436 e. The number of hydrogen-bond donors (Lipinski definition) is 0. The number of nitrogens with zero attached hydrogens (tertiary/aromatic N) is 2. The van der Waals surface area contributed by atoms with Crippen LogP contribution in [0.5, 0.6) is 0 Å². The molecule has 3 heteroatoms. The van der Waals surface area contributed by atoms with Gasteiger partial charge in [-0.1, -0.05) is 6.92 Å². The van der Waals surface area contributed by atoms with Crippen molar-refractivity contribution >= 4 is 11.1 Å². The summed E-state index contributed by atoms with van der Waals surface area (Å²) in [6, 6.07) is 8.25. The summed E-state index contributed by atoms with van der Waals surface area (Å²) < 4.78 is 8.04. The monoisotopic (exact) mass is 267 g/mol. The van der Waals surface area contributed by atoms with E-state index in [2.05, 4.69) is 67.0 Å². The molecule has 102 valence electrons. The van der Waals surface area contributed by atoms with Crippen LogP contribution in [0.4, 0.5) is 0 Å². The Balaban J connectivity index is 2.01. The van der Waals surface area contributed by atoms with E-state index in [-0.39, 0.29) is 0 Å². The molecule has 20 heavy (non-hydrogen) atoms. The van der Waals surface area contributed by atoms with E-state index < -0.39 is 0 Å². The Hall–Kier alpha value is -2.16. The van der Waals surface area contributed by atoms with Gasteiger partial charge in [0.2, 0.25) is 5.89 Å². The van der Waals surface area contributed by atoms with Crippen LogP contribution in [0.2, 0.25) is 0 Å². The normalized spacial score (nSPS) is 11.2. The summed E-state index contributed by atoms with van der Waals surface area (Å²) in [5, 5.41) is 0. The number of rotatable bonds is 3. The van der Waals surface area contributed by atoms with Crippen LogP contribution >= 0.6 is 0 Å². The second-order valence-corrected chi connectivity index (χ2v) is 5.25. The number of oxazole rings is 1. The van der Waals surface area contributed by atoms with Gasteiger partial charge in [-0.25, -0.2) is 9.55 Å². The highest BCUT2D eigenvalue weighted by Crippen LogP contribution is 2.25. The number of hydrogen-bond acceptors (Lipinski definition) is 2. The van der Waals surface area contributed by atoms with Gasteiger partial charge < -0.3 is 4.42 Å². The molecule has 0 spiro atoms. The molecule has 0 aliphatic heterocycles. The summed E-state index contributed by atoms with van der Waals surface area (Å²) in [6.45, 7) is 7.39. The van der Waals surface area contributed by atoms with Crippen molar-refractivity contribution in [2.45, 2.75) is 33.7 Å². The van der Waals surface area contributed by atoms with Gasteiger partial charge in [0.05, 0.1) is 0 Å². The van der Waals surface area contributed by atoms with E-state index in [9.17, 15) is 0 Å². The lowest BCUT2D eigenvalue weighted by Crippen LogP contribution is -2.31. The number of aryl methyl sites for hydroxylation is 3. The van der Waals surface area contributed by atoms with Gasteiger partial charge in [-0.05, 0) is 37.1 Å². The van der Waals surface area contributed by atoms with Crippen LogP contribution in [0.1, 0.15) is 24.5 Å². The number of pyridine rings is 1. The van der Waals surface area contributed by atoms with E-state index in [0.29, 0.717) is 5.89 Å². The number of fused-ring (bicyclic) bond motifs is 1. The topological polar surface area (TPSA) is 29.9 Å². The summed E-state index contributed by atoms with van der Waals surface area (Å²) in [5.74, 6) is 0.689. The predicted molar refractivity (Wildman–Crippen MR) is 79.4 cm³/mol. The zero-order chi connectivity index (χ0) is 14.1. The molecule has 2 heterocycles. The molecule has 0 bridgehead atoms. The van der Waals surface area contributed by atoms with Crippen LogP contribution in [0.25, 0.3) is 22.6 Å². The molecule has 0 saturated heterocycles. The van der Waals surface area contributed by atoms with Crippen LogP contribution in [0, 0.1) is 13.8 Å².